The van der Waals surface area contributed by atoms with E-state index in [0.29, 0.717) is 12.2 Å². The van der Waals surface area contributed by atoms with Crippen molar-refractivity contribution in [2.75, 3.05) is 11.6 Å². The number of thioether (sulfide) groups is 1. The van der Waals surface area contributed by atoms with Gasteiger partial charge in [-0.05, 0) is 28.8 Å². The Labute approximate surface area is 115 Å². The molecule has 0 aliphatic carbocycles. The summed E-state index contributed by atoms with van der Waals surface area (Å²) < 4.78 is 1.59. The van der Waals surface area contributed by atoms with Crippen LogP contribution in [0.1, 0.15) is 17.5 Å². The smallest absolute Gasteiger partial charge is 0.225 e. The summed E-state index contributed by atoms with van der Waals surface area (Å²) in [7, 11) is 1.77. The number of nitrogens with one attached hydrogen (secondary N) is 1. The SMILES string of the molecule is CSC(CC(=O)Nc1ccccc1)c1nnnn1C. The fourth-order valence-electron chi connectivity index (χ4n) is 1.69. The number of rotatable bonds is 5. The van der Waals surface area contributed by atoms with Crippen LogP contribution in [0.2, 0.25) is 0 Å². The quantitative estimate of drug-likeness (QED) is 0.899. The van der Waals surface area contributed by atoms with Crippen LogP contribution >= 0.6 is 11.8 Å². The number of amides is 1. The number of carbonyl (C=O) groups excluding carboxylic acids is 1. The van der Waals surface area contributed by atoms with E-state index in [0.717, 1.165) is 5.69 Å². The topological polar surface area (TPSA) is 72.7 Å². The van der Waals surface area contributed by atoms with Gasteiger partial charge in [0.25, 0.3) is 0 Å². The maximum absolute atomic E-state index is 12.0. The second-order valence-electron chi connectivity index (χ2n) is 4.00. The van der Waals surface area contributed by atoms with Crippen LogP contribution in [-0.4, -0.2) is 32.4 Å². The van der Waals surface area contributed by atoms with Gasteiger partial charge in [-0.15, -0.1) is 5.10 Å². The van der Waals surface area contributed by atoms with E-state index in [1.807, 2.05) is 36.6 Å². The van der Waals surface area contributed by atoms with E-state index >= 15 is 0 Å². The molecule has 0 aliphatic rings. The maximum atomic E-state index is 12.0. The zero-order valence-corrected chi connectivity index (χ0v) is 11.6. The fourth-order valence-corrected chi connectivity index (χ4v) is 2.42. The van der Waals surface area contributed by atoms with Crippen LogP contribution in [0.5, 0.6) is 0 Å². The van der Waals surface area contributed by atoms with Gasteiger partial charge in [-0.2, -0.15) is 11.8 Å². The minimum absolute atomic E-state index is 0.0476. The number of tetrazole rings is 1. The van der Waals surface area contributed by atoms with E-state index in [4.69, 9.17) is 0 Å². The summed E-state index contributed by atoms with van der Waals surface area (Å²) >= 11 is 1.56. The average molecular weight is 277 g/mol. The standard InChI is InChI=1S/C12H15N5OS/c1-17-12(14-15-16-17)10(19-2)8-11(18)13-9-6-4-3-5-7-9/h3-7,10H,8H2,1-2H3,(H,13,18). The van der Waals surface area contributed by atoms with Crippen LogP contribution in [0.3, 0.4) is 0 Å². The van der Waals surface area contributed by atoms with E-state index in [9.17, 15) is 4.79 Å². The molecule has 0 bridgehead atoms. The Bertz CT molecular complexity index is 542. The molecule has 0 spiro atoms. The maximum Gasteiger partial charge on any atom is 0.225 e. The summed E-state index contributed by atoms with van der Waals surface area (Å²) in [6.45, 7) is 0. The number of aromatic nitrogens is 4. The van der Waals surface area contributed by atoms with Crippen LogP contribution < -0.4 is 5.32 Å². The van der Waals surface area contributed by atoms with E-state index in [1.54, 1.807) is 23.5 Å². The van der Waals surface area contributed by atoms with E-state index in [1.165, 1.54) is 0 Å². The van der Waals surface area contributed by atoms with Crippen molar-refractivity contribution in [3.05, 3.63) is 36.2 Å². The lowest BCUT2D eigenvalue weighted by atomic mass is 10.2. The van der Waals surface area contributed by atoms with Crippen molar-refractivity contribution in [2.45, 2.75) is 11.7 Å². The molecule has 7 heteroatoms. The molecule has 2 rings (SSSR count). The van der Waals surface area contributed by atoms with Crippen LogP contribution in [0, 0.1) is 0 Å². The number of anilines is 1. The van der Waals surface area contributed by atoms with E-state index in [2.05, 4.69) is 20.8 Å². The first-order valence-corrected chi connectivity index (χ1v) is 7.09. The molecule has 0 radical (unpaired) electrons. The molecular formula is C12H15N5OS. The highest BCUT2D eigenvalue weighted by Crippen LogP contribution is 2.27. The van der Waals surface area contributed by atoms with Gasteiger partial charge in [0.2, 0.25) is 5.91 Å². The minimum atomic E-state index is -0.0521. The number of hydrogen-bond donors (Lipinski definition) is 1. The number of hydrogen-bond acceptors (Lipinski definition) is 5. The van der Waals surface area contributed by atoms with Crippen molar-refractivity contribution in [1.82, 2.24) is 20.2 Å². The molecule has 1 unspecified atom stereocenters. The van der Waals surface area contributed by atoms with Gasteiger partial charge in [0.05, 0.1) is 5.25 Å². The highest BCUT2D eigenvalue weighted by atomic mass is 32.2. The van der Waals surface area contributed by atoms with Crippen molar-refractivity contribution in [2.24, 2.45) is 7.05 Å². The highest BCUT2D eigenvalue weighted by molar-refractivity contribution is 7.98. The number of aryl methyl sites for hydroxylation is 1. The number of carbonyl (C=O) groups is 1. The molecular weight excluding hydrogens is 262 g/mol. The first-order chi connectivity index (χ1) is 9.20. The Morgan fingerprint density at radius 2 is 2.16 bits per heavy atom. The first kappa shape index (κ1) is 13.5. The largest absolute Gasteiger partial charge is 0.326 e. The molecule has 1 aromatic carbocycles. The molecule has 1 aromatic heterocycles. The van der Waals surface area contributed by atoms with Crippen LogP contribution in [0.4, 0.5) is 5.69 Å². The monoisotopic (exact) mass is 277 g/mol. The zero-order valence-electron chi connectivity index (χ0n) is 10.8. The van der Waals surface area contributed by atoms with Gasteiger partial charge in [-0.25, -0.2) is 4.68 Å². The van der Waals surface area contributed by atoms with Crippen molar-refractivity contribution < 1.29 is 4.79 Å². The Kier molecular flexibility index (Phi) is 4.51. The Hall–Kier alpha value is -1.89. The van der Waals surface area contributed by atoms with Gasteiger partial charge >= 0.3 is 0 Å². The van der Waals surface area contributed by atoms with Gasteiger partial charge in [-0.1, -0.05) is 18.2 Å². The van der Waals surface area contributed by atoms with Gasteiger partial charge < -0.3 is 5.32 Å². The second kappa shape index (κ2) is 6.33. The fraction of sp³-hybridized carbons (Fsp3) is 0.333. The molecule has 0 saturated heterocycles. The third-order valence-electron chi connectivity index (χ3n) is 2.65. The molecule has 100 valence electrons. The van der Waals surface area contributed by atoms with Crippen LogP contribution in [-0.2, 0) is 11.8 Å². The van der Waals surface area contributed by atoms with Gasteiger partial charge in [0.15, 0.2) is 5.82 Å². The van der Waals surface area contributed by atoms with Crippen LogP contribution in [0.25, 0.3) is 0 Å². The van der Waals surface area contributed by atoms with Gasteiger partial charge in [0, 0.05) is 19.2 Å². The van der Waals surface area contributed by atoms with E-state index < -0.39 is 0 Å². The lowest BCUT2D eigenvalue weighted by molar-refractivity contribution is -0.116. The summed E-state index contributed by atoms with van der Waals surface area (Å²) in [6, 6.07) is 9.39. The van der Waals surface area contributed by atoms with Crippen LogP contribution in [0.15, 0.2) is 30.3 Å². The van der Waals surface area contributed by atoms with E-state index in [-0.39, 0.29) is 11.2 Å². The third-order valence-corrected chi connectivity index (χ3v) is 3.60. The summed E-state index contributed by atoms with van der Waals surface area (Å²) in [5, 5.41) is 14.1. The lowest BCUT2D eigenvalue weighted by Gasteiger charge is -2.12. The summed E-state index contributed by atoms with van der Waals surface area (Å²) in [5.41, 5.74) is 0.795. The molecule has 1 amide bonds. The minimum Gasteiger partial charge on any atom is -0.326 e. The Balaban J connectivity index is 1.99. The van der Waals surface area contributed by atoms with Gasteiger partial charge in [-0.3, -0.25) is 4.79 Å². The summed E-state index contributed by atoms with van der Waals surface area (Å²) in [4.78, 5) is 12.0. The molecule has 6 nitrogen and oxygen atoms in total. The Morgan fingerprint density at radius 3 is 2.74 bits per heavy atom. The molecule has 19 heavy (non-hydrogen) atoms. The normalized spacial score (nSPS) is 12.1. The molecule has 1 N–H and O–H groups in total. The first-order valence-electron chi connectivity index (χ1n) is 5.80. The predicted octanol–water partition coefficient (Wildman–Crippen LogP) is 1.64. The summed E-state index contributed by atoms with van der Waals surface area (Å²) in [6.07, 6.45) is 2.28. The average Bonchev–Trinajstić information content (AvgIpc) is 2.83. The molecule has 2 aromatic rings. The number of benzene rings is 1. The third kappa shape index (κ3) is 3.54. The number of nitrogens with zero attached hydrogens (tertiary/aromatic N) is 4. The van der Waals surface area contributed by atoms with Crippen molar-refractivity contribution in [3.63, 3.8) is 0 Å². The molecule has 0 saturated carbocycles. The highest BCUT2D eigenvalue weighted by Gasteiger charge is 2.20. The van der Waals surface area contributed by atoms with Crippen molar-refractivity contribution >= 4 is 23.4 Å². The molecule has 0 aliphatic heterocycles. The molecule has 0 fully saturated rings. The Morgan fingerprint density at radius 1 is 1.42 bits per heavy atom. The van der Waals surface area contributed by atoms with Crippen molar-refractivity contribution in [1.29, 1.82) is 0 Å². The van der Waals surface area contributed by atoms with Crippen molar-refractivity contribution in [3.8, 4) is 0 Å². The lowest BCUT2D eigenvalue weighted by Crippen LogP contribution is -2.16. The second-order valence-corrected chi connectivity index (χ2v) is 5.04. The molecule has 1 heterocycles. The summed E-state index contributed by atoms with van der Waals surface area (Å²) in [5.74, 6) is 0.657. The number of para-hydroxylation sites is 1. The zero-order chi connectivity index (χ0) is 13.7. The molecule has 1 atom stereocenters. The predicted molar refractivity (Wildman–Crippen MR) is 74.7 cm³/mol. The van der Waals surface area contributed by atoms with Gasteiger partial charge in [0.1, 0.15) is 0 Å².